The van der Waals surface area contributed by atoms with Crippen molar-refractivity contribution in [1.29, 1.82) is 0 Å². The molecule has 5 rings (SSSR count). The van der Waals surface area contributed by atoms with E-state index in [-0.39, 0.29) is 0 Å². The minimum Gasteiger partial charge on any atom is -0.378 e. The number of fused-ring (bicyclic) bond motifs is 1. The molecular formula is C22H23N7O. The van der Waals surface area contributed by atoms with Crippen LogP contribution in [-0.4, -0.2) is 51.2 Å². The van der Waals surface area contributed by atoms with E-state index in [1.54, 1.807) is 0 Å². The Morgan fingerprint density at radius 2 is 1.93 bits per heavy atom. The number of ether oxygens (including phenoxy) is 1. The standard InChI is InChI=1S/C22H23N7O/c1-15-12-19(23-14-20-26-17-4-2-3-5-18(17)27-20)28-22(25-15)16-6-7-21(24-13-16)29-8-10-30-11-9-29/h2-7,12-13H,8-11,14H2,1H3,(H,26,27)(H,23,25,28). The lowest BCUT2D eigenvalue weighted by Crippen LogP contribution is -2.36. The number of nitrogens with one attached hydrogen (secondary N) is 2. The molecule has 4 heterocycles. The van der Waals surface area contributed by atoms with Gasteiger partial charge in [-0.2, -0.15) is 0 Å². The molecule has 1 fully saturated rings. The lowest BCUT2D eigenvalue weighted by Gasteiger charge is -2.27. The molecule has 0 bridgehead atoms. The van der Waals surface area contributed by atoms with E-state index in [1.807, 2.05) is 55.6 Å². The largest absolute Gasteiger partial charge is 0.378 e. The van der Waals surface area contributed by atoms with Gasteiger partial charge in [0.2, 0.25) is 0 Å². The van der Waals surface area contributed by atoms with Crippen LogP contribution in [0.5, 0.6) is 0 Å². The zero-order valence-corrected chi connectivity index (χ0v) is 16.8. The summed E-state index contributed by atoms with van der Waals surface area (Å²) >= 11 is 0. The van der Waals surface area contributed by atoms with Gasteiger partial charge in [-0.05, 0) is 31.2 Å². The zero-order valence-electron chi connectivity index (χ0n) is 16.8. The molecule has 1 aliphatic heterocycles. The number of aromatic nitrogens is 5. The van der Waals surface area contributed by atoms with Crippen LogP contribution in [-0.2, 0) is 11.3 Å². The summed E-state index contributed by atoms with van der Waals surface area (Å²) < 4.78 is 5.41. The summed E-state index contributed by atoms with van der Waals surface area (Å²) in [5.74, 6) is 3.24. The number of pyridine rings is 1. The Morgan fingerprint density at radius 3 is 2.73 bits per heavy atom. The number of imidazole rings is 1. The van der Waals surface area contributed by atoms with Gasteiger partial charge in [-0.15, -0.1) is 0 Å². The van der Waals surface area contributed by atoms with Gasteiger partial charge in [-0.25, -0.2) is 19.9 Å². The highest BCUT2D eigenvalue weighted by Gasteiger charge is 2.13. The highest BCUT2D eigenvalue weighted by Crippen LogP contribution is 2.21. The van der Waals surface area contributed by atoms with E-state index in [0.717, 1.165) is 66.1 Å². The number of anilines is 2. The van der Waals surface area contributed by atoms with E-state index in [0.29, 0.717) is 12.4 Å². The van der Waals surface area contributed by atoms with Gasteiger partial charge in [-0.1, -0.05) is 12.1 Å². The highest BCUT2D eigenvalue weighted by atomic mass is 16.5. The molecule has 2 N–H and O–H groups in total. The van der Waals surface area contributed by atoms with Crippen LogP contribution in [0.2, 0.25) is 0 Å². The van der Waals surface area contributed by atoms with Crippen LogP contribution in [0.3, 0.4) is 0 Å². The highest BCUT2D eigenvalue weighted by molar-refractivity contribution is 5.74. The van der Waals surface area contributed by atoms with Crippen molar-refractivity contribution in [3.63, 3.8) is 0 Å². The van der Waals surface area contributed by atoms with Gasteiger partial charge >= 0.3 is 0 Å². The van der Waals surface area contributed by atoms with Gasteiger partial charge in [-0.3, -0.25) is 0 Å². The first kappa shape index (κ1) is 18.5. The fraction of sp³-hybridized carbons (Fsp3) is 0.273. The second kappa shape index (κ2) is 8.08. The number of aromatic amines is 1. The number of aryl methyl sites for hydroxylation is 1. The van der Waals surface area contributed by atoms with Crippen molar-refractivity contribution >= 4 is 22.7 Å². The van der Waals surface area contributed by atoms with Crippen LogP contribution in [0.25, 0.3) is 22.4 Å². The predicted molar refractivity (Wildman–Crippen MR) is 116 cm³/mol. The van der Waals surface area contributed by atoms with Crippen molar-refractivity contribution < 1.29 is 4.74 Å². The molecule has 0 amide bonds. The Labute approximate surface area is 174 Å². The van der Waals surface area contributed by atoms with E-state index < -0.39 is 0 Å². The van der Waals surface area contributed by atoms with Crippen LogP contribution in [0.1, 0.15) is 11.5 Å². The average Bonchev–Trinajstić information content (AvgIpc) is 3.21. The summed E-state index contributed by atoms with van der Waals surface area (Å²) in [5, 5.41) is 3.35. The maximum absolute atomic E-state index is 5.41. The van der Waals surface area contributed by atoms with E-state index in [1.165, 1.54) is 0 Å². The van der Waals surface area contributed by atoms with Gasteiger partial charge in [0.1, 0.15) is 17.5 Å². The monoisotopic (exact) mass is 401 g/mol. The van der Waals surface area contributed by atoms with Crippen LogP contribution < -0.4 is 10.2 Å². The summed E-state index contributed by atoms with van der Waals surface area (Å²) in [5.41, 5.74) is 3.77. The predicted octanol–water partition coefficient (Wildman–Crippen LogP) is 3.17. The number of benzene rings is 1. The molecule has 0 unspecified atom stereocenters. The average molecular weight is 401 g/mol. The van der Waals surface area contributed by atoms with Gasteiger partial charge in [0.25, 0.3) is 0 Å². The topological polar surface area (TPSA) is 91.9 Å². The van der Waals surface area contributed by atoms with Crippen LogP contribution in [0.4, 0.5) is 11.6 Å². The molecule has 8 nitrogen and oxygen atoms in total. The molecule has 30 heavy (non-hydrogen) atoms. The Morgan fingerprint density at radius 1 is 1.07 bits per heavy atom. The molecule has 152 valence electrons. The maximum atomic E-state index is 5.41. The Kier molecular flexibility index (Phi) is 4.98. The molecule has 0 aliphatic carbocycles. The number of H-pyrrole nitrogens is 1. The summed E-state index contributed by atoms with van der Waals surface area (Å²) in [7, 11) is 0. The third-order valence-electron chi connectivity index (χ3n) is 5.07. The zero-order chi connectivity index (χ0) is 20.3. The molecule has 0 radical (unpaired) electrons. The molecule has 0 atom stereocenters. The van der Waals surface area contributed by atoms with Crippen LogP contribution in [0, 0.1) is 6.92 Å². The van der Waals surface area contributed by atoms with Gasteiger partial charge in [0.15, 0.2) is 5.82 Å². The molecular weight excluding hydrogens is 378 g/mol. The van der Waals surface area contributed by atoms with Crippen molar-refractivity contribution in [3.8, 4) is 11.4 Å². The third-order valence-corrected chi connectivity index (χ3v) is 5.07. The Hall–Kier alpha value is -3.52. The van der Waals surface area contributed by atoms with Crippen molar-refractivity contribution in [2.24, 2.45) is 0 Å². The molecule has 0 saturated carbocycles. The number of hydrogen-bond donors (Lipinski definition) is 2. The second-order valence-electron chi connectivity index (χ2n) is 7.28. The smallest absolute Gasteiger partial charge is 0.163 e. The summed E-state index contributed by atoms with van der Waals surface area (Å²) in [6.07, 6.45) is 1.84. The molecule has 1 aliphatic rings. The van der Waals surface area contributed by atoms with Gasteiger partial charge in [0, 0.05) is 36.6 Å². The molecule has 8 heteroatoms. The number of para-hydroxylation sites is 2. The fourth-order valence-electron chi connectivity index (χ4n) is 3.55. The SMILES string of the molecule is Cc1cc(NCc2nc3ccccc3[nH]2)nc(-c2ccc(N3CCOCC3)nc2)n1. The molecule has 4 aromatic rings. The number of morpholine rings is 1. The molecule has 3 aromatic heterocycles. The van der Waals surface area contributed by atoms with E-state index in [2.05, 4.69) is 35.1 Å². The van der Waals surface area contributed by atoms with Crippen molar-refractivity contribution in [2.75, 3.05) is 36.5 Å². The van der Waals surface area contributed by atoms with E-state index in [4.69, 9.17) is 4.74 Å². The first-order chi connectivity index (χ1) is 14.7. The van der Waals surface area contributed by atoms with E-state index in [9.17, 15) is 0 Å². The molecule has 1 saturated heterocycles. The van der Waals surface area contributed by atoms with Crippen LogP contribution in [0.15, 0.2) is 48.7 Å². The normalized spacial score (nSPS) is 14.2. The second-order valence-corrected chi connectivity index (χ2v) is 7.28. The quantitative estimate of drug-likeness (QED) is 0.531. The number of hydrogen-bond acceptors (Lipinski definition) is 7. The number of rotatable bonds is 5. The lowest BCUT2D eigenvalue weighted by molar-refractivity contribution is 0.122. The van der Waals surface area contributed by atoms with E-state index >= 15 is 0 Å². The van der Waals surface area contributed by atoms with Crippen molar-refractivity contribution in [2.45, 2.75) is 13.5 Å². The Bertz CT molecular complexity index is 1120. The summed E-state index contributed by atoms with van der Waals surface area (Å²) in [6, 6.07) is 14.0. The minimum absolute atomic E-state index is 0.554. The first-order valence-electron chi connectivity index (χ1n) is 10.1. The third kappa shape index (κ3) is 3.95. The molecule has 0 spiro atoms. The fourth-order valence-corrected chi connectivity index (χ4v) is 3.55. The summed E-state index contributed by atoms with van der Waals surface area (Å²) in [6.45, 7) is 5.73. The van der Waals surface area contributed by atoms with Crippen molar-refractivity contribution in [1.82, 2.24) is 24.9 Å². The first-order valence-corrected chi connectivity index (χ1v) is 10.1. The van der Waals surface area contributed by atoms with Crippen molar-refractivity contribution in [3.05, 3.63) is 60.2 Å². The minimum atomic E-state index is 0.554. The van der Waals surface area contributed by atoms with Gasteiger partial charge in [0.05, 0.1) is 30.8 Å². The number of nitrogens with zero attached hydrogens (tertiary/aromatic N) is 5. The van der Waals surface area contributed by atoms with Crippen LogP contribution >= 0.6 is 0 Å². The molecule has 1 aromatic carbocycles. The lowest BCUT2D eigenvalue weighted by atomic mass is 10.2. The maximum Gasteiger partial charge on any atom is 0.163 e. The van der Waals surface area contributed by atoms with Gasteiger partial charge < -0.3 is 19.9 Å². The Balaban J connectivity index is 1.32. The summed E-state index contributed by atoms with van der Waals surface area (Å²) in [4.78, 5) is 24.0.